The molecule has 7 heteroatoms. The second-order valence-corrected chi connectivity index (χ2v) is 13.9. The second-order valence-electron chi connectivity index (χ2n) is 5.89. The van der Waals surface area contributed by atoms with Crippen molar-refractivity contribution in [1.82, 2.24) is 0 Å². The Balaban J connectivity index is 5.04. The molecular formula is C11H28O5Si2. The number of aliphatic hydroxyl groups excluding tert-OH is 3. The molecule has 1 unspecified atom stereocenters. The van der Waals surface area contributed by atoms with Gasteiger partial charge in [0.05, 0.1) is 24.3 Å². The lowest BCUT2D eigenvalue weighted by Gasteiger charge is -2.44. The van der Waals surface area contributed by atoms with Gasteiger partial charge in [-0.1, -0.05) is 6.92 Å². The van der Waals surface area contributed by atoms with E-state index in [9.17, 15) is 15.3 Å². The number of hydrogen-bond acceptors (Lipinski definition) is 5. The Hall–Kier alpha value is 0.234. The summed E-state index contributed by atoms with van der Waals surface area (Å²) in [6, 6.07) is 0. The first-order valence-electron chi connectivity index (χ1n) is 6.18. The van der Waals surface area contributed by atoms with E-state index < -0.39 is 22.2 Å². The van der Waals surface area contributed by atoms with Gasteiger partial charge in [-0.25, -0.2) is 0 Å². The van der Waals surface area contributed by atoms with Crippen LogP contribution >= 0.6 is 0 Å². The molecule has 0 aromatic carbocycles. The van der Waals surface area contributed by atoms with Crippen molar-refractivity contribution in [3.8, 4) is 0 Å². The van der Waals surface area contributed by atoms with Crippen LogP contribution in [0.2, 0.25) is 18.6 Å². The molecule has 0 amide bonds. The first-order chi connectivity index (χ1) is 8.10. The van der Waals surface area contributed by atoms with E-state index in [1.807, 2.05) is 13.8 Å². The quantitative estimate of drug-likeness (QED) is 0.571. The monoisotopic (exact) mass is 296 g/mol. The van der Waals surface area contributed by atoms with Crippen molar-refractivity contribution < 1.29 is 24.2 Å². The summed E-state index contributed by atoms with van der Waals surface area (Å²) in [6.07, 6.45) is -0.860. The molecule has 0 rings (SSSR count). The molecule has 110 valence electrons. The van der Waals surface area contributed by atoms with E-state index in [1.54, 1.807) is 7.11 Å². The average molecular weight is 297 g/mol. The van der Waals surface area contributed by atoms with Gasteiger partial charge in [0, 0.05) is 12.7 Å². The smallest absolute Gasteiger partial charge is 0.268 e. The Kier molecular flexibility index (Phi) is 6.68. The van der Waals surface area contributed by atoms with Gasteiger partial charge in [-0.3, -0.25) is 0 Å². The fourth-order valence-corrected chi connectivity index (χ4v) is 5.90. The first kappa shape index (κ1) is 18.2. The van der Waals surface area contributed by atoms with Crippen LogP contribution < -0.4 is 0 Å². The van der Waals surface area contributed by atoms with Crippen LogP contribution in [0, 0.1) is 0 Å². The molecule has 0 aromatic rings. The van der Waals surface area contributed by atoms with Crippen molar-refractivity contribution in [2.24, 2.45) is 0 Å². The van der Waals surface area contributed by atoms with Crippen molar-refractivity contribution >= 4 is 16.6 Å². The summed E-state index contributed by atoms with van der Waals surface area (Å²) < 4.78 is 11.6. The zero-order valence-electron chi connectivity index (χ0n) is 12.4. The third-order valence-electron chi connectivity index (χ3n) is 3.96. The molecular weight excluding hydrogens is 268 g/mol. The maximum atomic E-state index is 9.38. The maximum Gasteiger partial charge on any atom is 0.268 e. The van der Waals surface area contributed by atoms with Gasteiger partial charge < -0.3 is 24.2 Å². The summed E-state index contributed by atoms with van der Waals surface area (Å²) in [7, 11) is -3.07. The molecule has 0 spiro atoms. The van der Waals surface area contributed by atoms with Crippen LogP contribution in [0.3, 0.4) is 0 Å². The fraction of sp³-hybridized carbons (Fsp3) is 1.00. The minimum absolute atomic E-state index is 0.159. The van der Waals surface area contributed by atoms with E-state index in [0.717, 1.165) is 0 Å². The molecule has 0 bridgehead atoms. The molecule has 18 heavy (non-hydrogen) atoms. The normalized spacial score (nSPS) is 15.8. The number of aliphatic hydroxyl groups is 3. The van der Waals surface area contributed by atoms with Crippen molar-refractivity contribution in [1.29, 1.82) is 0 Å². The highest BCUT2D eigenvalue weighted by Gasteiger charge is 2.46. The molecule has 1 atom stereocenters. The minimum Gasteiger partial charge on any atom is -0.420 e. The topological polar surface area (TPSA) is 79.2 Å². The van der Waals surface area contributed by atoms with Gasteiger partial charge >= 0.3 is 0 Å². The largest absolute Gasteiger partial charge is 0.420 e. The lowest BCUT2D eigenvalue weighted by Crippen LogP contribution is -2.59. The lowest BCUT2D eigenvalue weighted by molar-refractivity contribution is 0.0577. The van der Waals surface area contributed by atoms with Crippen molar-refractivity contribution in [3.63, 3.8) is 0 Å². The number of rotatable bonds is 8. The Morgan fingerprint density at radius 2 is 1.44 bits per heavy atom. The molecule has 0 heterocycles. The first-order valence-corrected chi connectivity index (χ1v) is 11.7. The third kappa shape index (κ3) is 4.12. The minimum atomic E-state index is -2.87. The van der Waals surface area contributed by atoms with Crippen LogP contribution in [0.4, 0.5) is 0 Å². The van der Waals surface area contributed by atoms with Crippen LogP contribution in [0.25, 0.3) is 0 Å². The van der Waals surface area contributed by atoms with E-state index >= 15 is 0 Å². The fourth-order valence-electron chi connectivity index (χ4n) is 1.91. The summed E-state index contributed by atoms with van der Waals surface area (Å²) >= 11 is 0. The van der Waals surface area contributed by atoms with E-state index in [4.69, 9.17) is 8.85 Å². The maximum absolute atomic E-state index is 9.38. The third-order valence-corrected chi connectivity index (χ3v) is 10.5. The molecule has 0 saturated carbocycles. The van der Waals surface area contributed by atoms with Gasteiger partial charge in [0.2, 0.25) is 0 Å². The van der Waals surface area contributed by atoms with Crippen molar-refractivity contribution in [3.05, 3.63) is 0 Å². The highest BCUT2D eigenvalue weighted by Crippen LogP contribution is 2.37. The Morgan fingerprint density at radius 1 is 1.06 bits per heavy atom. The van der Waals surface area contributed by atoms with Gasteiger partial charge in [-0.2, -0.15) is 0 Å². The van der Waals surface area contributed by atoms with E-state index in [-0.39, 0.29) is 24.2 Å². The molecule has 3 N–H and O–H groups in total. The van der Waals surface area contributed by atoms with Gasteiger partial charge in [-0.05, 0) is 26.9 Å². The highest BCUT2D eigenvalue weighted by molar-refractivity contribution is 6.74. The summed E-state index contributed by atoms with van der Waals surface area (Å²) in [4.78, 5) is 0. The Labute approximate surface area is 112 Å². The van der Waals surface area contributed by atoms with Crippen LogP contribution in [0.1, 0.15) is 20.8 Å². The summed E-state index contributed by atoms with van der Waals surface area (Å²) in [5.74, 6) is 0. The second kappa shape index (κ2) is 6.60. The van der Waals surface area contributed by atoms with Crippen molar-refractivity contribution in [2.45, 2.75) is 45.0 Å². The predicted molar refractivity (Wildman–Crippen MR) is 76.1 cm³/mol. The van der Waals surface area contributed by atoms with Crippen LogP contribution in [0.5, 0.6) is 0 Å². The Bertz CT molecular complexity index is 246. The summed E-state index contributed by atoms with van der Waals surface area (Å²) in [5.41, 5.74) is -0.391. The van der Waals surface area contributed by atoms with E-state index in [1.165, 1.54) is 0 Å². The predicted octanol–water partition coefficient (Wildman–Crippen LogP) is 0.563. The molecule has 0 fully saturated rings. The molecule has 0 aliphatic carbocycles. The SMILES string of the molecule is CO[Si](C)(C)C(C)C(C)(C)O[Si](CO)(CO)CO. The van der Waals surface area contributed by atoms with E-state index in [2.05, 4.69) is 20.0 Å². The van der Waals surface area contributed by atoms with Gasteiger partial charge in [-0.15, -0.1) is 0 Å². The van der Waals surface area contributed by atoms with Crippen molar-refractivity contribution in [2.75, 3.05) is 25.8 Å². The van der Waals surface area contributed by atoms with E-state index in [0.29, 0.717) is 0 Å². The molecule has 0 aromatic heterocycles. The highest BCUT2D eigenvalue weighted by atomic mass is 28.4. The zero-order valence-corrected chi connectivity index (χ0v) is 14.4. The standard InChI is InChI=1S/C11H28O5Si2/c1-10(17(5,6)15-4)11(2,3)16-18(7-12,8-13)9-14/h10,12-14H,7-9H2,1-6H3. The zero-order chi connectivity index (χ0) is 14.6. The Morgan fingerprint density at radius 3 is 1.72 bits per heavy atom. The molecule has 0 radical (unpaired) electrons. The van der Waals surface area contributed by atoms with Gasteiger partial charge in [0.1, 0.15) is 0 Å². The average Bonchev–Trinajstić information content (AvgIpc) is 2.35. The summed E-state index contributed by atoms with van der Waals surface area (Å²) in [6.45, 7) is 10.1. The number of hydrogen-bond donors (Lipinski definition) is 3. The van der Waals surface area contributed by atoms with Crippen LogP contribution in [-0.2, 0) is 8.85 Å². The lowest BCUT2D eigenvalue weighted by atomic mass is 10.1. The van der Waals surface area contributed by atoms with Crippen LogP contribution in [0.15, 0.2) is 0 Å². The van der Waals surface area contributed by atoms with Gasteiger partial charge in [0.25, 0.3) is 8.32 Å². The molecule has 0 aliphatic rings. The van der Waals surface area contributed by atoms with Crippen LogP contribution in [-0.4, -0.2) is 63.4 Å². The molecule has 0 saturated heterocycles. The molecule has 0 aliphatic heterocycles. The molecule has 5 nitrogen and oxygen atoms in total. The van der Waals surface area contributed by atoms with Gasteiger partial charge in [0.15, 0.2) is 8.32 Å². The summed E-state index contributed by atoms with van der Waals surface area (Å²) in [5, 5.41) is 28.1.